The molecule has 0 aromatic rings. The van der Waals surface area contributed by atoms with E-state index in [4.69, 9.17) is 0 Å². The van der Waals surface area contributed by atoms with Crippen LogP contribution in [-0.2, 0) is 10.0 Å². The van der Waals surface area contributed by atoms with Crippen LogP contribution in [0.25, 0.3) is 0 Å². The Kier molecular flexibility index (Phi) is 2.36. The van der Waals surface area contributed by atoms with Crippen LogP contribution in [0.15, 0.2) is 0 Å². The highest BCUT2D eigenvalue weighted by Crippen LogP contribution is 2.32. The second kappa shape index (κ2) is 3.24. The number of sulfonamides is 1. The van der Waals surface area contributed by atoms with E-state index in [9.17, 15) is 8.42 Å². The van der Waals surface area contributed by atoms with E-state index >= 15 is 0 Å². The maximum atomic E-state index is 11.8. The predicted molar refractivity (Wildman–Crippen MR) is 51.9 cm³/mol. The second-order valence-corrected chi connectivity index (χ2v) is 6.56. The third kappa shape index (κ3) is 1.89. The van der Waals surface area contributed by atoms with Gasteiger partial charge in [0.15, 0.2) is 0 Å². The van der Waals surface area contributed by atoms with Crippen molar-refractivity contribution in [1.82, 2.24) is 4.31 Å². The summed E-state index contributed by atoms with van der Waals surface area (Å²) in [4.78, 5) is 0. The first kappa shape index (κ1) is 9.46. The lowest BCUT2D eigenvalue weighted by Gasteiger charge is -2.29. The Labute approximate surface area is 80.2 Å². The summed E-state index contributed by atoms with van der Waals surface area (Å²) in [7, 11) is -2.89. The van der Waals surface area contributed by atoms with Gasteiger partial charge in [-0.05, 0) is 31.6 Å². The van der Waals surface area contributed by atoms with Gasteiger partial charge in [0.2, 0.25) is 10.0 Å². The first-order valence-corrected chi connectivity index (χ1v) is 6.60. The summed E-state index contributed by atoms with van der Waals surface area (Å²) in [5.41, 5.74) is 0. The zero-order valence-corrected chi connectivity index (χ0v) is 8.89. The van der Waals surface area contributed by atoms with E-state index in [0.717, 1.165) is 32.4 Å². The van der Waals surface area contributed by atoms with Crippen molar-refractivity contribution in [2.24, 2.45) is 5.92 Å². The quantitative estimate of drug-likeness (QED) is 0.676. The van der Waals surface area contributed by atoms with E-state index in [1.54, 1.807) is 4.31 Å². The van der Waals surface area contributed by atoms with Crippen molar-refractivity contribution in [1.29, 1.82) is 0 Å². The summed E-state index contributed by atoms with van der Waals surface area (Å²) in [6, 6.07) is 0. The fourth-order valence-electron chi connectivity index (χ4n) is 1.95. The van der Waals surface area contributed by atoms with Crippen LogP contribution in [-0.4, -0.2) is 31.1 Å². The molecule has 2 fully saturated rings. The molecule has 0 spiro atoms. The van der Waals surface area contributed by atoms with Crippen molar-refractivity contribution in [3.8, 4) is 0 Å². The molecule has 76 valence electrons. The van der Waals surface area contributed by atoms with Gasteiger partial charge in [-0.1, -0.05) is 6.92 Å². The summed E-state index contributed by atoms with van der Waals surface area (Å²) >= 11 is 0. The lowest BCUT2D eigenvalue weighted by atomic mass is 10.0. The standard InChI is InChI=1S/C9H17NO2S/c1-8-3-2-6-10(7-8)13(11,12)9-4-5-9/h8-9H,2-7H2,1H3. The van der Waals surface area contributed by atoms with Gasteiger partial charge >= 0.3 is 0 Å². The van der Waals surface area contributed by atoms with Crippen LogP contribution < -0.4 is 0 Å². The highest BCUT2D eigenvalue weighted by Gasteiger charge is 2.40. The maximum Gasteiger partial charge on any atom is 0.216 e. The zero-order chi connectivity index (χ0) is 9.47. The predicted octanol–water partition coefficient (Wildman–Crippen LogP) is 1.21. The second-order valence-electron chi connectivity index (χ2n) is 4.35. The van der Waals surface area contributed by atoms with Crippen molar-refractivity contribution in [3.05, 3.63) is 0 Å². The highest BCUT2D eigenvalue weighted by molar-refractivity contribution is 7.90. The topological polar surface area (TPSA) is 37.4 Å². The van der Waals surface area contributed by atoms with Gasteiger partial charge in [0, 0.05) is 13.1 Å². The van der Waals surface area contributed by atoms with Gasteiger partial charge in [0.25, 0.3) is 0 Å². The highest BCUT2D eigenvalue weighted by atomic mass is 32.2. The zero-order valence-electron chi connectivity index (χ0n) is 8.07. The molecule has 2 rings (SSSR count). The number of rotatable bonds is 2. The van der Waals surface area contributed by atoms with Crippen LogP contribution in [0, 0.1) is 5.92 Å². The van der Waals surface area contributed by atoms with E-state index in [-0.39, 0.29) is 5.25 Å². The van der Waals surface area contributed by atoms with Gasteiger partial charge < -0.3 is 0 Å². The first-order valence-electron chi connectivity index (χ1n) is 5.09. The number of nitrogens with zero attached hydrogens (tertiary/aromatic N) is 1. The lowest BCUT2D eigenvalue weighted by Crippen LogP contribution is -2.40. The van der Waals surface area contributed by atoms with Crippen LogP contribution in [0.4, 0.5) is 0 Å². The molecule has 4 heteroatoms. The summed E-state index contributed by atoms with van der Waals surface area (Å²) in [6.45, 7) is 3.64. The molecular weight excluding hydrogens is 186 g/mol. The maximum absolute atomic E-state index is 11.8. The molecule has 2 aliphatic rings. The van der Waals surface area contributed by atoms with E-state index < -0.39 is 10.0 Å². The first-order chi connectivity index (χ1) is 6.10. The Balaban J connectivity index is 2.06. The van der Waals surface area contributed by atoms with E-state index in [0.29, 0.717) is 5.92 Å². The van der Waals surface area contributed by atoms with Crippen LogP contribution in [0.5, 0.6) is 0 Å². The molecular formula is C9H17NO2S. The molecule has 13 heavy (non-hydrogen) atoms. The Bertz CT molecular complexity index is 282. The Morgan fingerprint density at radius 1 is 1.23 bits per heavy atom. The molecule has 0 N–H and O–H groups in total. The van der Waals surface area contributed by atoms with Crippen molar-refractivity contribution in [2.75, 3.05) is 13.1 Å². The fourth-order valence-corrected chi connectivity index (χ4v) is 3.95. The van der Waals surface area contributed by atoms with E-state index in [1.807, 2.05) is 0 Å². The number of piperidine rings is 1. The Morgan fingerprint density at radius 3 is 2.46 bits per heavy atom. The molecule has 0 radical (unpaired) electrons. The summed E-state index contributed by atoms with van der Waals surface area (Å²) < 4.78 is 25.3. The van der Waals surface area contributed by atoms with Crippen LogP contribution in [0.2, 0.25) is 0 Å². The minimum Gasteiger partial charge on any atom is -0.212 e. The average molecular weight is 203 g/mol. The fraction of sp³-hybridized carbons (Fsp3) is 1.00. The van der Waals surface area contributed by atoms with Crippen molar-refractivity contribution in [2.45, 2.75) is 37.9 Å². The van der Waals surface area contributed by atoms with E-state index in [2.05, 4.69) is 6.92 Å². The summed E-state index contributed by atoms with van der Waals surface area (Å²) in [6.07, 6.45) is 3.98. The van der Waals surface area contributed by atoms with Gasteiger partial charge in [-0.15, -0.1) is 0 Å². The lowest BCUT2D eigenvalue weighted by molar-refractivity contribution is 0.281. The number of hydrogen-bond donors (Lipinski definition) is 0. The minimum atomic E-state index is -2.89. The van der Waals surface area contributed by atoms with Crippen LogP contribution in [0.3, 0.4) is 0 Å². The Hall–Kier alpha value is -0.0900. The molecule has 1 saturated heterocycles. The molecule has 3 nitrogen and oxygen atoms in total. The molecule has 1 saturated carbocycles. The van der Waals surface area contributed by atoms with Gasteiger partial charge in [0.1, 0.15) is 0 Å². The molecule has 1 unspecified atom stereocenters. The monoisotopic (exact) mass is 203 g/mol. The van der Waals surface area contributed by atoms with Crippen molar-refractivity contribution < 1.29 is 8.42 Å². The van der Waals surface area contributed by atoms with Gasteiger partial charge in [-0.3, -0.25) is 0 Å². The van der Waals surface area contributed by atoms with Gasteiger partial charge in [0.05, 0.1) is 5.25 Å². The molecule has 0 bridgehead atoms. The molecule has 1 heterocycles. The smallest absolute Gasteiger partial charge is 0.212 e. The normalized spacial score (nSPS) is 31.9. The van der Waals surface area contributed by atoms with Gasteiger partial charge in [-0.25, -0.2) is 12.7 Å². The molecule has 1 atom stereocenters. The summed E-state index contributed by atoms with van der Waals surface area (Å²) in [5.74, 6) is 0.544. The number of hydrogen-bond acceptors (Lipinski definition) is 2. The van der Waals surface area contributed by atoms with Gasteiger partial charge in [-0.2, -0.15) is 0 Å². The Morgan fingerprint density at radius 2 is 1.92 bits per heavy atom. The molecule has 0 aromatic carbocycles. The average Bonchev–Trinajstić information content (AvgIpc) is 2.86. The molecule has 0 amide bonds. The third-order valence-electron chi connectivity index (χ3n) is 2.93. The third-order valence-corrected chi connectivity index (χ3v) is 5.29. The molecule has 1 aliphatic carbocycles. The van der Waals surface area contributed by atoms with Crippen LogP contribution in [0.1, 0.15) is 32.6 Å². The SMILES string of the molecule is CC1CCCN(S(=O)(=O)C2CC2)C1. The van der Waals surface area contributed by atoms with E-state index in [1.165, 1.54) is 6.42 Å². The van der Waals surface area contributed by atoms with Crippen LogP contribution >= 0.6 is 0 Å². The van der Waals surface area contributed by atoms with Crippen molar-refractivity contribution >= 4 is 10.0 Å². The van der Waals surface area contributed by atoms with Crippen molar-refractivity contribution in [3.63, 3.8) is 0 Å². The minimum absolute atomic E-state index is 0.0298. The molecule has 0 aromatic heterocycles. The largest absolute Gasteiger partial charge is 0.216 e. The molecule has 1 aliphatic heterocycles. The summed E-state index contributed by atoms with van der Waals surface area (Å²) in [5, 5.41) is -0.0298.